The first-order valence-electron chi connectivity index (χ1n) is 10.5. The predicted molar refractivity (Wildman–Crippen MR) is 124 cm³/mol. The van der Waals surface area contributed by atoms with Gasteiger partial charge in [0.25, 0.3) is 5.91 Å². The number of aldehydes is 1. The summed E-state index contributed by atoms with van der Waals surface area (Å²) in [5.74, 6) is 1.74. The van der Waals surface area contributed by atoms with Crippen LogP contribution in [0.2, 0.25) is 0 Å². The number of hydrazone groups is 1. The van der Waals surface area contributed by atoms with Crippen LogP contribution in [-0.4, -0.2) is 43.7 Å². The fourth-order valence-electron chi connectivity index (χ4n) is 3.64. The molecule has 3 aromatic rings. The molecule has 1 amide bonds. The number of methoxy groups -OCH3 is 2. The largest absolute Gasteiger partial charge is 0.497 e. The zero-order chi connectivity index (χ0) is 23.2. The number of hydrogen-bond acceptors (Lipinski definition) is 6. The lowest BCUT2D eigenvalue weighted by Gasteiger charge is -2.22. The smallest absolute Gasteiger partial charge is 0.281 e. The van der Waals surface area contributed by atoms with Gasteiger partial charge in [-0.25, -0.2) is 5.01 Å². The highest BCUT2D eigenvalue weighted by Gasteiger charge is 2.33. The van der Waals surface area contributed by atoms with Crippen LogP contribution in [0.3, 0.4) is 0 Å². The Bertz CT molecular complexity index is 1140. The molecule has 0 aliphatic carbocycles. The van der Waals surface area contributed by atoms with Gasteiger partial charge in [-0.2, -0.15) is 5.10 Å². The second-order valence-electron chi connectivity index (χ2n) is 7.48. The van der Waals surface area contributed by atoms with Crippen molar-refractivity contribution in [3.05, 3.63) is 89.5 Å². The van der Waals surface area contributed by atoms with Crippen LogP contribution >= 0.6 is 0 Å². The molecule has 0 spiro atoms. The molecule has 0 N–H and O–H groups in total. The van der Waals surface area contributed by atoms with Crippen LogP contribution in [0.4, 0.5) is 0 Å². The summed E-state index contributed by atoms with van der Waals surface area (Å²) >= 11 is 0. The van der Waals surface area contributed by atoms with Crippen LogP contribution in [0.15, 0.2) is 77.9 Å². The first-order chi connectivity index (χ1) is 16.1. The minimum atomic E-state index is -0.265. The van der Waals surface area contributed by atoms with Crippen molar-refractivity contribution in [2.24, 2.45) is 5.10 Å². The van der Waals surface area contributed by atoms with E-state index in [1.165, 1.54) is 5.01 Å². The summed E-state index contributed by atoms with van der Waals surface area (Å²) < 4.78 is 16.2. The standard InChI is InChI=1S/C26H24N2O5/c1-31-21-11-5-19(6-12-21)24-15-25(20-7-13-22(32-2)14-8-20)28(27-24)26(30)17-33-23-9-3-18(16-29)4-10-23/h3-14,16,25H,15,17H2,1-2H3. The molecule has 0 bridgehead atoms. The average molecular weight is 444 g/mol. The van der Waals surface area contributed by atoms with Gasteiger partial charge < -0.3 is 14.2 Å². The molecule has 1 aliphatic rings. The van der Waals surface area contributed by atoms with Gasteiger partial charge in [0, 0.05) is 12.0 Å². The van der Waals surface area contributed by atoms with Crippen LogP contribution in [-0.2, 0) is 4.79 Å². The molecule has 33 heavy (non-hydrogen) atoms. The van der Waals surface area contributed by atoms with Gasteiger partial charge in [-0.1, -0.05) is 12.1 Å². The summed E-state index contributed by atoms with van der Waals surface area (Å²) in [6, 6.07) is 21.6. The lowest BCUT2D eigenvalue weighted by molar-refractivity contribution is -0.135. The molecule has 1 unspecified atom stereocenters. The highest BCUT2D eigenvalue weighted by atomic mass is 16.5. The van der Waals surface area contributed by atoms with Crippen LogP contribution in [0, 0.1) is 0 Å². The summed E-state index contributed by atoms with van der Waals surface area (Å²) in [6.45, 7) is -0.174. The fraction of sp³-hybridized carbons (Fsp3) is 0.192. The topological polar surface area (TPSA) is 77.4 Å². The first-order valence-corrected chi connectivity index (χ1v) is 10.5. The normalized spacial score (nSPS) is 15.0. The third-order valence-electron chi connectivity index (χ3n) is 5.47. The molecule has 1 atom stereocenters. The Hall–Kier alpha value is -4.13. The van der Waals surface area contributed by atoms with Crippen molar-refractivity contribution >= 4 is 17.9 Å². The molecule has 4 rings (SSSR count). The summed E-state index contributed by atoms with van der Waals surface area (Å²) in [4.78, 5) is 23.9. The van der Waals surface area contributed by atoms with E-state index in [1.54, 1.807) is 38.5 Å². The Balaban J connectivity index is 1.56. The predicted octanol–water partition coefficient (Wildman–Crippen LogP) is 4.27. The Morgan fingerprint density at radius 1 is 0.909 bits per heavy atom. The maximum Gasteiger partial charge on any atom is 0.281 e. The van der Waals surface area contributed by atoms with Crippen LogP contribution in [0.25, 0.3) is 0 Å². The Morgan fingerprint density at radius 2 is 1.48 bits per heavy atom. The second kappa shape index (κ2) is 9.99. The van der Waals surface area contributed by atoms with E-state index in [0.717, 1.165) is 34.6 Å². The highest BCUT2D eigenvalue weighted by molar-refractivity contribution is 6.03. The van der Waals surface area contributed by atoms with E-state index in [4.69, 9.17) is 14.2 Å². The van der Waals surface area contributed by atoms with E-state index < -0.39 is 0 Å². The van der Waals surface area contributed by atoms with Crippen molar-refractivity contribution in [2.45, 2.75) is 12.5 Å². The van der Waals surface area contributed by atoms with Gasteiger partial charge in [0.2, 0.25) is 0 Å². The van der Waals surface area contributed by atoms with Crippen LogP contribution in [0.1, 0.15) is 33.9 Å². The summed E-state index contributed by atoms with van der Waals surface area (Å²) in [5.41, 5.74) is 3.23. The molecule has 0 saturated heterocycles. The molecular weight excluding hydrogens is 420 g/mol. The van der Waals surface area contributed by atoms with E-state index in [1.807, 2.05) is 48.5 Å². The molecule has 7 heteroatoms. The number of nitrogens with zero attached hydrogens (tertiary/aromatic N) is 2. The Kier molecular flexibility index (Phi) is 6.69. The number of benzene rings is 3. The maximum absolute atomic E-state index is 13.1. The molecule has 168 valence electrons. The minimum absolute atomic E-state index is 0.174. The van der Waals surface area contributed by atoms with Gasteiger partial charge in [-0.15, -0.1) is 0 Å². The third kappa shape index (κ3) is 5.03. The number of amides is 1. The molecule has 0 aromatic heterocycles. The molecule has 0 radical (unpaired) electrons. The zero-order valence-corrected chi connectivity index (χ0v) is 18.4. The zero-order valence-electron chi connectivity index (χ0n) is 18.4. The van der Waals surface area contributed by atoms with Crippen molar-refractivity contribution in [3.8, 4) is 17.2 Å². The quantitative estimate of drug-likeness (QED) is 0.485. The van der Waals surface area contributed by atoms with Gasteiger partial charge in [0.1, 0.15) is 23.5 Å². The third-order valence-corrected chi connectivity index (χ3v) is 5.47. The van der Waals surface area contributed by atoms with Crippen molar-refractivity contribution in [1.29, 1.82) is 0 Å². The molecule has 7 nitrogen and oxygen atoms in total. The highest BCUT2D eigenvalue weighted by Crippen LogP contribution is 2.34. The lowest BCUT2D eigenvalue weighted by atomic mass is 9.98. The lowest BCUT2D eigenvalue weighted by Crippen LogP contribution is -2.31. The van der Waals surface area contributed by atoms with Gasteiger partial charge in [0.15, 0.2) is 6.61 Å². The summed E-state index contributed by atoms with van der Waals surface area (Å²) in [6.07, 6.45) is 1.33. The summed E-state index contributed by atoms with van der Waals surface area (Å²) in [7, 11) is 3.24. The van der Waals surface area contributed by atoms with Gasteiger partial charge in [0.05, 0.1) is 26.0 Å². The fourth-order valence-corrected chi connectivity index (χ4v) is 3.64. The molecular formula is C26H24N2O5. The molecule has 1 aliphatic heterocycles. The van der Waals surface area contributed by atoms with Crippen LogP contribution < -0.4 is 14.2 Å². The number of ether oxygens (including phenoxy) is 3. The molecule has 1 heterocycles. The van der Waals surface area contributed by atoms with Gasteiger partial charge in [-0.05, 0) is 71.8 Å². The van der Waals surface area contributed by atoms with E-state index in [2.05, 4.69) is 5.10 Å². The van der Waals surface area contributed by atoms with E-state index >= 15 is 0 Å². The van der Waals surface area contributed by atoms with E-state index in [-0.39, 0.29) is 18.6 Å². The van der Waals surface area contributed by atoms with E-state index in [9.17, 15) is 9.59 Å². The summed E-state index contributed by atoms with van der Waals surface area (Å²) in [5, 5.41) is 6.14. The van der Waals surface area contributed by atoms with Gasteiger partial charge in [-0.3, -0.25) is 9.59 Å². The number of carbonyl (C=O) groups is 2. The van der Waals surface area contributed by atoms with Crippen molar-refractivity contribution in [3.63, 3.8) is 0 Å². The number of hydrogen-bond donors (Lipinski definition) is 0. The van der Waals surface area contributed by atoms with Crippen molar-refractivity contribution in [1.82, 2.24) is 5.01 Å². The monoisotopic (exact) mass is 444 g/mol. The Morgan fingerprint density at radius 3 is 2.06 bits per heavy atom. The van der Waals surface area contributed by atoms with Crippen molar-refractivity contribution in [2.75, 3.05) is 20.8 Å². The van der Waals surface area contributed by atoms with Gasteiger partial charge >= 0.3 is 0 Å². The second-order valence-corrected chi connectivity index (χ2v) is 7.48. The average Bonchev–Trinajstić information content (AvgIpc) is 3.33. The maximum atomic E-state index is 13.1. The molecule has 3 aromatic carbocycles. The molecule has 0 fully saturated rings. The minimum Gasteiger partial charge on any atom is -0.497 e. The van der Waals surface area contributed by atoms with Crippen LogP contribution in [0.5, 0.6) is 17.2 Å². The van der Waals surface area contributed by atoms with E-state index in [0.29, 0.717) is 17.7 Å². The van der Waals surface area contributed by atoms with Crippen molar-refractivity contribution < 1.29 is 23.8 Å². The SMILES string of the molecule is COc1ccc(C2=NN(C(=O)COc3ccc(C=O)cc3)C(c3ccc(OC)cc3)C2)cc1. The first kappa shape index (κ1) is 22.1. The Labute approximate surface area is 192 Å². The molecule has 0 saturated carbocycles. The number of carbonyl (C=O) groups excluding carboxylic acids is 2. The number of rotatable bonds is 8.